The Morgan fingerprint density at radius 1 is 1.33 bits per heavy atom. The third-order valence-electron chi connectivity index (χ3n) is 7.35. The number of aromatic nitrogens is 4. The summed E-state index contributed by atoms with van der Waals surface area (Å²) < 4.78 is 26.2. The van der Waals surface area contributed by atoms with Crippen LogP contribution in [0.3, 0.4) is 0 Å². The van der Waals surface area contributed by atoms with E-state index < -0.39 is 11.5 Å². The topological polar surface area (TPSA) is 127 Å². The molecular weight excluding hydrogens is 464 g/mol. The number of nitrogens with zero attached hydrogens (tertiary/aromatic N) is 5. The summed E-state index contributed by atoms with van der Waals surface area (Å²) in [5.74, 6) is -0.388. The third kappa shape index (κ3) is 4.38. The van der Waals surface area contributed by atoms with Crippen LogP contribution in [-0.2, 0) is 29.5 Å². The molecule has 11 heteroatoms. The van der Waals surface area contributed by atoms with E-state index in [0.29, 0.717) is 54.7 Å². The number of ether oxygens (including phenoxy) is 4. The first kappa shape index (κ1) is 25.1. The van der Waals surface area contributed by atoms with Gasteiger partial charge in [-0.05, 0) is 53.4 Å². The highest BCUT2D eigenvalue weighted by molar-refractivity contribution is 5.82. The Morgan fingerprint density at radius 3 is 2.83 bits per heavy atom. The van der Waals surface area contributed by atoms with Crippen LogP contribution >= 0.6 is 0 Å². The Labute approximate surface area is 210 Å². The largest absolute Gasteiger partial charge is 0.463 e. The quantitative estimate of drug-likeness (QED) is 0.426. The van der Waals surface area contributed by atoms with Crippen molar-refractivity contribution in [3.05, 3.63) is 24.8 Å². The van der Waals surface area contributed by atoms with E-state index in [-0.39, 0.29) is 18.2 Å². The first-order valence-corrected chi connectivity index (χ1v) is 12.7. The number of carbonyl (C=O) groups excluding carboxylic acids is 1. The van der Waals surface area contributed by atoms with Gasteiger partial charge in [0.05, 0.1) is 19.5 Å². The van der Waals surface area contributed by atoms with E-state index in [0.717, 1.165) is 12.8 Å². The van der Waals surface area contributed by atoms with E-state index in [4.69, 9.17) is 24.7 Å². The van der Waals surface area contributed by atoms with Crippen LogP contribution in [0.25, 0.3) is 11.2 Å². The second-order valence-electron chi connectivity index (χ2n) is 10.6. The summed E-state index contributed by atoms with van der Waals surface area (Å²) in [6.07, 6.45) is 8.05. The van der Waals surface area contributed by atoms with Gasteiger partial charge in [0.15, 0.2) is 17.3 Å². The third-order valence-corrected chi connectivity index (χ3v) is 7.35. The number of hydrogen-bond acceptors (Lipinski definition) is 10. The van der Waals surface area contributed by atoms with Crippen molar-refractivity contribution in [2.75, 3.05) is 25.5 Å². The minimum absolute atomic E-state index is 0.208. The average molecular weight is 501 g/mol. The van der Waals surface area contributed by atoms with Crippen LogP contribution in [0.1, 0.15) is 47.5 Å². The molecule has 2 N–H and O–H groups in total. The second-order valence-corrected chi connectivity index (χ2v) is 10.6. The first-order chi connectivity index (χ1) is 17.1. The molecule has 0 aromatic carbocycles. The number of hydrogen-bond donors (Lipinski definition) is 1. The van der Waals surface area contributed by atoms with E-state index in [2.05, 4.69) is 33.7 Å². The van der Waals surface area contributed by atoms with Gasteiger partial charge in [0.25, 0.3) is 0 Å². The molecule has 3 fully saturated rings. The number of esters is 1. The number of imidazole rings is 1. The van der Waals surface area contributed by atoms with Crippen LogP contribution in [-0.4, -0.2) is 80.2 Å². The summed E-state index contributed by atoms with van der Waals surface area (Å²) in [4.78, 5) is 27.1. The van der Waals surface area contributed by atoms with Crippen LogP contribution in [0.2, 0.25) is 0 Å². The maximum atomic E-state index is 11.6. The van der Waals surface area contributed by atoms with Crippen molar-refractivity contribution >= 4 is 23.0 Å². The number of anilines is 1. The number of fused-ring (bicyclic) bond motifs is 2. The molecule has 1 aliphatic carbocycles. The molecule has 36 heavy (non-hydrogen) atoms. The van der Waals surface area contributed by atoms with E-state index in [1.54, 1.807) is 12.4 Å². The van der Waals surface area contributed by atoms with Gasteiger partial charge in [-0.25, -0.2) is 19.7 Å². The smallest absolute Gasteiger partial charge is 0.330 e. The first-order valence-electron chi connectivity index (χ1n) is 12.7. The standard InChI is InChI=1S/C25H36N6O5/c1-6-33-19(32)8-7-16-9-17(10-16)30(15(2)3)11-18-21-25(12-34-18,36-24(4,5)35-21)31-14-29-20-22(26)27-13-28-23(20)31/h7-8,13-18,21H,6,9-12H2,1-5H3,(H2,26,27,28)/b8-7+/t16-,17+,18-,21-,25+/m1/s1. The fourth-order valence-corrected chi connectivity index (χ4v) is 5.68. The molecule has 0 spiro atoms. The monoisotopic (exact) mass is 500 g/mol. The van der Waals surface area contributed by atoms with Crippen molar-refractivity contribution < 1.29 is 23.7 Å². The average Bonchev–Trinajstić information content (AvgIpc) is 3.42. The molecule has 4 heterocycles. The maximum absolute atomic E-state index is 11.6. The van der Waals surface area contributed by atoms with Crippen LogP contribution in [0, 0.1) is 5.92 Å². The van der Waals surface area contributed by atoms with Crippen molar-refractivity contribution in [2.24, 2.45) is 5.92 Å². The Hall–Kier alpha value is -2.60. The molecule has 1 saturated carbocycles. The normalized spacial score (nSPS) is 31.4. The van der Waals surface area contributed by atoms with Gasteiger partial charge in [0, 0.05) is 24.7 Å². The van der Waals surface area contributed by atoms with Gasteiger partial charge in [0.2, 0.25) is 5.72 Å². The predicted molar refractivity (Wildman–Crippen MR) is 132 cm³/mol. The van der Waals surface area contributed by atoms with Crippen molar-refractivity contribution in [2.45, 2.75) is 83.3 Å². The predicted octanol–water partition coefficient (Wildman–Crippen LogP) is 2.22. The van der Waals surface area contributed by atoms with Crippen molar-refractivity contribution in [3.8, 4) is 0 Å². The lowest BCUT2D eigenvalue weighted by Crippen LogP contribution is -2.53. The van der Waals surface area contributed by atoms with Crippen LogP contribution in [0.5, 0.6) is 0 Å². The fourth-order valence-electron chi connectivity index (χ4n) is 5.68. The van der Waals surface area contributed by atoms with Crippen LogP contribution in [0.15, 0.2) is 24.8 Å². The van der Waals surface area contributed by atoms with Gasteiger partial charge in [-0.1, -0.05) is 6.08 Å². The zero-order chi connectivity index (χ0) is 25.7. The van der Waals surface area contributed by atoms with Gasteiger partial charge < -0.3 is 24.7 Å². The fraction of sp³-hybridized carbons (Fsp3) is 0.680. The van der Waals surface area contributed by atoms with Crippen molar-refractivity contribution in [1.29, 1.82) is 0 Å². The molecule has 0 unspecified atom stereocenters. The molecule has 2 aromatic heterocycles. The van der Waals surface area contributed by atoms with Crippen LogP contribution < -0.4 is 5.73 Å². The van der Waals surface area contributed by atoms with Gasteiger partial charge in [-0.15, -0.1) is 0 Å². The molecule has 0 bridgehead atoms. The maximum Gasteiger partial charge on any atom is 0.330 e. The molecule has 3 atom stereocenters. The van der Waals surface area contributed by atoms with E-state index >= 15 is 0 Å². The molecule has 0 amide bonds. The Morgan fingerprint density at radius 2 is 2.11 bits per heavy atom. The summed E-state index contributed by atoms with van der Waals surface area (Å²) in [5.41, 5.74) is 6.25. The van der Waals surface area contributed by atoms with Gasteiger partial charge >= 0.3 is 5.97 Å². The van der Waals surface area contributed by atoms with Crippen molar-refractivity contribution in [3.63, 3.8) is 0 Å². The summed E-state index contributed by atoms with van der Waals surface area (Å²) in [7, 11) is 0. The lowest BCUT2D eigenvalue weighted by molar-refractivity contribution is -0.206. The van der Waals surface area contributed by atoms with E-state index in [1.165, 1.54) is 6.33 Å². The second kappa shape index (κ2) is 9.37. The highest BCUT2D eigenvalue weighted by Gasteiger charge is 2.63. The summed E-state index contributed by atoms with van der Waals surface area (Å²) in [6.45, 7) is 11.4. The highest BCUT2D eigenvalue weighted by Crippen LogP contribution is 2.48. The molecule has 11 nitrogen and oxygen atoms in total. The minimum Gasteiger partial charge on any atom is -0.463 e. The van der Waals surface area contributed by atoms with Crippen molar-refractivity contribution in [1.82, 2.24) is 24.4 Å². The van der Waals surface area contributed by atoms with Crippen LogP contribution in [0.4, 0.5) is 5.82 Å². The Kier molecular flexibility index (Phi) is 6.52. The van der Waals surface area contributed by atoms with Gasteiger partial charge in [-0.3, -0.25) is 9.47 Å². The SMILES string of the molecule is CCOC(=O)/C=C/[C@H]1C[C@@H](N(C[C@H]2OC[C@]3(n4cnc5c(N)ncnc54)OC(C)(C)O[C@H]23)C(C)C)C1. The van der Waals surface area contributed by atoms with E-state index in [9.17, 15) is 4.79 Å². The Balaban J connectivity index is 1.33. The zero-order valence-corrected chi connectivity index (χ0v) is 21.6. The van der Waals surface area contributed by atoms with Gasteiger partial charge in [0.1, 0.15) is 24.1 Å². The van der Waals surface area contributed by atoms with E-state index in [1.807, 2.05) is 31.4 Å². The number of nitrogens with two attached hydrogens (primary N) is 1. The number of carbonyl (C=O) groups is 1. The lowest BCUT2D eigenvalue weighted by Gasteiger charge is -2.45. The molecule has 196 valence electrons. The molecule has 2 saturated heterocycles. The summed E-state index contributed by atoms with van der Waals surface area (Å²) in [6, 6.07) is 0.720. The zero-order valence-electron chi connectivity index (χ0n) is 21.6. The highest BCUT2D eigenvalue weighted by atomic mass is 16.8. The number of nitrogen functional groups attached to an aromatic ring is 1. The lowest BCUT2D eigenvalue weighted by atomic mass is 9.78. The molecule has 3 aliphatic rings. The van der Waals surface area contributed by atoms with Gasteiger partial charge in [-0.2, -0.15) is 0 Å². The molecular formula is C25H36N6O5. The number of rotatable bonds is 8. The molecule has 2 aliphatic heterocycles. The summed E-state index contributed by atoms with van der Waals surface area (Å²) in [5, 5.41) is 0. The summed E-state index contributed by atoms with van der Waals surface area (Å²) >= 11 is 0. The number of allylic oxidation sites excluding steroid dienone is 1. The molecule has 0 radical (unpaired) electrons. The minimum atomic E-state index is -0.906. The Bertz CT molecular complexity index is 1140. The molecule has 5 rings (SSSR count). The molecule has 2 aromatic rings.